The second-order valence-electron chi connectivity index (χ2n) is 5.88. The molecule has 1 aliphatic carbocycles. The van der Waals surface area contributed by atoms with Crippen LogP contribution < -0.4 is 5.32 Å². The van der Waals surface area contributed by atoms with Crippen molar-refractivity contribution in [2.24, 2.45) is 0 Å². The molecule has 1 aromatic heterocycles. The lowest BCUT2D eigenvalue weighted by Gasteiger charge is -2.21. The summed E-state index contributed by atoms with van der Waals surface area (Å²) in [6.07, 6.45) is 8.28. The van der Waals surface area contributed by atoms with Gasteiger partial charge in [-0.15, -0.1) is 5.10 Å². The maximum absolute atomic E-state index is 4.31. The van der Waals surface area contributed by atoms with E-state index in [1.54, 1.807) is 0 Å². The molecule has 1 aromatic carbocycles. The van der Waals surface area contributed by atoms with E-state index in [9.17, 15) is 0 Å². The maximum atomic E-state index is 4.31. The summed E-state index contributed by atoms with van der Waals surface area (Å²) < 4.78 is 2.01. The molecule has 2 aromatic rings. The van der Waals surface area contributed by atoms with Gasteiger partial charge in [0.05, 0.1) is 17.6 Å². The topological polar surface area (TPSA) is 42.7 Å². The minimum atomic E-state index is 0.548. The fraction of sp³-hybridized carbons (Fsp3) is 0.529. The van der Waals surface area contributed by atoms with Gasteiger partial charge in [0.2, 0.25) is 0 Å². The number of aromatic nitrogens is 3. The minimum Gasteiger partial charge on any atom is -0.314 e. The van der Waals surface area contributed by atoms with E-state index in [0.29, 0.717) is 12.0 Å². The Hall–Kier alpha value is -1.68. The summed E-state index contributed by atoms with van der Waals surface area (Å²) in [5.41, 5.74) is 2.36. The van der Waals surface area contributed by atoms with Gasteiger partial charge >= 0.3 is 0 Å². The van der Waals surface area contributed by atoms with Crippen molar-refractivity contribution in [3.8, 4) is 5.69 Å². The zero-order valence-electron chi connectivity index (χ0n) is 12.7. The first kappa shape index (κ1) is 14.3. The number of nitrogens with one attached hydrogen (secondary N) is 1. The van der Waals surface area contributed by atoms with Gasteiger partial charge in [0, 0.05) is 12.0 Å². The second-order valence-corrected chi connectivity index (χ2v) is 5.88. The van der Waals surface area contributed by atoms with Crippen LogP contribution in [0.1, 0.15) is 50.6 Å². The average Bonchev–Trinajstić information content (AvgIpc) is 2.89. The molecule has 0 saturated heterocycles. The highest BCUT2D eigenvalue weighted by Gasteiger charge is 2.24. The molecule has 1 saturated carbocycles. The van der Waals surface area contributed by atoms with E-state index in [2.05, 4.69) is 46.8 Å². The number of rotatable bonds is 4. The molecule has 0 aliphatic heterocycles. The molecule has 1 N–H and O–H groups in total. The van der Waals surface area contributed by atoms with Crippen LogP contribution in [0.25, 0.3) is 5.69 Å². The maximum Gasteiger partial charge on any atom is 0.0732 e. The summed E-state index contributed by atoms with van der Waals surface area (Å²) in [6.45, 7) is 3.24. The van der Waals surface area contributed by atoms with Crippen molar-refractivity contribution in [3.05, 3.63) is 42.2 Å². The largest absolute Gasteiger partial charge is 0.314 e. The number of hydrogen-bond acceptors (Lipinski definition) is 3. The van der Waals surface area contributed by atoms with Gasteiger partial charge in [-0.05, 0) is 37.9 Å². The molecule has 0 spiro atoms. The van der Waals surface area contributed by atoms with Crippen molar-refractivity contribution in [2.75, 3.05) is 6.54 Å². The molecule has 0 radical (unpaired) electrons. The Morgan fingerprint density at radius 1 is 1.19 bits per heavy atom. The molecular weight excluding hydrogens is 260 g/mol. The van der Waals surface area contributed by atoms with Crippen molar-refractivity contribution < 1.29 is 0 Å². The van der Waals surface area contributed by atoms with Crippen LogP contribution in [-0.2, 0) is 0 Å². The third-order valence-corrected chi connectivity index (χ3v) is 4.41. The molecule has 2 unspecified atom stereocenters. The van der Waals surface area contributed by atoms with Gasteiger partial charge < -0.3 is 5.32 Å². The SMILES string of the molecule is CCNC1CCCCC(c2cnnn2-c2ccccc2)C1. The molecular formula is C17H24N4. The number of hydrogen-bond donors (Lipinski definition) is 1. The molecule has 2 atom stereocenters. The van der Waals surface area contributed by atoms with Crippen molar-refractivity contribution in [1.29, 1.82) is 0 Å². The molecule has 0 bridgehead atoms. The number of nitrogens with zero attached hydrogens (tertiary/aromatic N) is 3. The quantitative estimate of drug-likeness (QED) is 0.876. The summed E-state index contributed by atoms with van der Waals surface area (Å²) in [5, 5.41) is 12.1. The Kier molecular flexibility index (Phi) is 4.65. The van der Waals surface area contributed by atoms with Crippen LogP contribution in [0.15, 0.2) is 36.5 Å². The molecule has 1 fully saturated rings. The summed E-state index contributed by atoms with van der Waals surface area (Å²) in [5.74, 6) is 0.548. The highest BCUT2D eigenvalue weighted by molar-refractivity contribution is 5.32. The summed E-state index contributed by atoms with van der Waals surface area (Å²) >= 11 is 0. The first-order valence-electron chi connectivity index (χ1n) is 8.08. The molecule has 4 heteroatoms. The standard InChI is InChI=1S/C17H24N4/c1-2-18-15-9-7-6-8-14(12-15)17-13-19-20-21(17)16-10-4-3-5-11-16/h3-5,10-11,13-15,18H,2,6-9,12H2,1H3. The van der Waals surface area contributed by atoms with E-state index >= 15 is 0 Å². The van der Waals surface area contributed by atoms with Crippen molar-refractivity contribution in [3.63, 3.8) is 0 Å². The van der Waals surface area contributed by atoms with Gasteiger partial charge in [0.1, 0.15) is 0 Å². The van der Waals surface area contributed by atoms with Gasteiger partial charge in [-0.1, -0.05) is 43.2 Å². The lowest BCUT2D eigenvalue weighted by molar-refractivity contribution is 0.442. The second kappa shape index (κ2) is 6.85. The zero-order chi connectivity index (χ0) is 14.5. The van der Waals surface area contributed by atoms with Crippen LogP contribution in [-0.4, -0.2) is 27.6 Å². The Bertz CT molecular complexity index is 549. The lowest BCUT2D eigenvalue weighted by atomic mass is 9.94. The van der Waals surface area contributed by atoms with Gasteiger partial charge in [-0.2, -0.15) is 0 Å². The van der Waals surface area contributed by atoms with Crippen LogP contribution in [0.5, 0.6) is 0 Å². The van der Waals surface area contributed by atoms with E-state index in [0.717, 1.165) is 12.2 Å². The predicted molar refractivity (Wildman–Crippen MR) is 84.6 cm³/mol. The molecule has 0 amide bonds. The van der Waals surface area contributed by atoms with Gasteiger partial charge in [-0.3, -0.25) is 0 Å². The average molecular weight is 284 g/mol. The lowest BCUT2D eigenvalue weighted by Crippen LogP contribution is -2.29. The summed E-state index contributed by atoms with van der Waals surface area (Å²) in [4.78, 5) is 0. The van der Waals surface area contributed by atoms with E-state index in [4.69, 9.17) is 0 Å². The highest BCUT2D eigenvalue weighted by atomic mass is 15.4. The third-order valence-electron chi connectivity index (χ3n) is 4.41. The fourth-order valence-corrected chi connectivity index (χ4v) is 3.39. The first-order chi connectivity index (χ1) is 10.4. The molecule has 1 aliphatic rings. The van der Waals surface area contributed by atoms with Gasteiger partial charge in [0.15, 0.2) is 0 Å². The molecule has 3 rings (SSSR count). The number of para-hydroxylation sites is 1. The zero-order valence-corrected chi connectivity index (χ0v) is 12.7. The Morgan fingerprint density at radius 2 is 2.00 bits per heavy atom. The van der Waals surface area contributed by atoms with E-state index in [1.165, 1.54) is 37.8 Å². The number of benzene rings is 1. The third kappa shape index (κ3) is 3.32. The Morgan fingerprint density at radius 3 is 2.81 bits per heavy atom. The van der Waals surface area contributed by atoms with Crippen LogP contribution >= 0.6 is 0 Å². The summed E-state index contributed by atoms with van der Waals surface area (Å²) in [7, 11) is 0. The highest BCUT2D eigenvalue weighted by Crippen LogP contribution is 2.32. The smallest absolute Gasteiger partial charge is 0.0732 e. The van der Waals surface area contributed by atoms with Gasteiger partial charge in [0.25, 0.3) is 0 Å². The minimum absolute atomic E-state index is 0.548. The van der Waals surface area contributed by atoms with E-state index in [1.807, 2.05) is 16.9 Å². The molecule has 4 nitrogen and oxygen atoms in total. The summed E-state index contributed by atoms with van der Waals surface area (Å²) in [6, 6.07) is 11.0. The molecule has 112 valence electrons. The van der Waals surface area contributed by atoms with Gasteiger partial charge in [-0.25, -0.2) is 4.68 Å². The van der Waals surface area contributed by atoms with Crippen LogP contribution in [0.2, 0.25) is 0 Å². The van der Waals surface area contributed by atoms with Crippen molar-refractivity contribution >= 4 is 0 Å². The Balaban J connectivity index is 1.84. The van der Waals surface area contributed by atoms with E-state index < -0.39 is 0 Å². The molecule has 21 heavy (non-hydrogen) atoms. The van der Waals surface area contributed by atoms with Crippen LogP contribution in [0.3, 0.4) is 0 Å². The van der Waals surface area contributed by atoms with Crippen molar-refractivity contribution in [1.82, 2.24) is 20.3 Å². The normalized spacial score (nSPS) is 22.9. The van der Waals surface area contributed by atoms with Crippen LogP contribution in [0.4, 0.5) is 0 Å². The monoisotopic (exact) mass is 284 g/mol. The first-order valence-corrected chi connectivity index (χ1v) is 8.08. The van der Waals surface area contributed by atoms with E-state index in [-0.39, 0.29) is 0 Å². The predicted octanol–water partition coefficient (Wildman–Crippen LogP) is 3.29. The fourth-order valence-electron chi connectivity index (χ4n) is 3.39. The Labute approximate surface area is 126 Å². The molecule has 1 heterocycles. The van der Waals surface area contributed by atoms with Crippen LogP contribution in [0, 0.1) is 0 Å². The van der Waals surface area contributed by atoms with Crippen molar-refractivity contribution in [2.45, 2.75) is 51.0 Å².